The molecule has 0 amide bonds. The van der Waals surface area contributed by atoms with Crippen molar-refractivity contribution in [3.8, 4) is 5.75 Å². The number of ether oxygens (including phenoxy) is 1. The third kappa shape index (κ3) is 4.99. The van der Waals surface area contributed by atoms with Crippen molar-refractivity contribution >= 4 is 23.0 Å². The lowest BCUT2D eigenvalue weighted by molar-refractivity contribution is 0.240. The maximum Gasteiger partial charge on any atom is 0.170 e. The van der Waals surface area contributed by atoms with Crippen molar-refractivity contribution in [3.05, 3.63) is 59.2 Å². The fourth-order valence-electron chi connectivity index (χ4n) is 3.74. The molecule has 5 heteroatoms. The highest BCUT2D eigenvalue weighted by Gasteiger charge is 2.25. The van der Waals surface area contributed by atoms with E-state index in [4.69, 9.17) is 17.0 Å². The molecule has 1 heterocycles. The van der Waals surface area contributed by atoms with Gasteiger partial charge < -0.3 is 15.4 Å². The van der Waals surface area contributed by atoms with Gasteiger partial charge in [0.15, 0.2) is 5.11 Å². The van der Waals surface area contributed by atoms with Crippen molar-refractivity contribution in [2.75, 3.05) is 32.1 Å². The number of hydrogen-bond acceptors (Lipinski definition) is 3. The third-order valence-electron chi connectivity index (χ3n) is 5.17. The van der Waals surface area contributed by atoms with Gasteiger partial charge in [-0.05, 0) is 69.7 Å². The van der Waals surface area contributed by atoms with E-state index in [0.717, 1.165) is 31.1 Å². The van der Waals surface area contributed by atoms with Crippen LogP contribution >= 0.6 is 12.2 Å². The Bertz CT molecular complexity index is 787. The summed E-state index contributed by atoms with van der Waals surface area (Å²) in [6, 6.07) is 14.9. The molecule has 0 radical (unpaired) electrons. The Hall–Kier alpha value is -2.11. The molecule has 2 aromatic carbocycles. The second-order valence-corrected chi connectivity index (χ2v) is 7.56. The molecule has 4 nitrogen and oxygen atoms in total. The number of likely N-dealkylation sites (tertiary alicyclic amines) is 1. The Kier molecular flexibility index (Phi) is 6.69. The molecular formula is C22H29N3OS. The van der Waals surface area contributed by atoms with Gasteiger partial charge in [-0.15, -0.1) is 0 Å². The van der Waals surface area contributed by atoms with E-state index in [9.17, 15) is 0 Å². The van der Waals surface area contributed by atoms with E-state index in [2.05, 4.69) is 59.7 Å². The zero-order valence-electron chi connectivity index (χ0n) is 16.4. The second kappa shape index (κ2) is 9.20. The number of aryl methyl sites for hydroxylation is 2. The molecule has 1 atom stereocenters. The van der Waals surface area contributed by atoms with E-state index < -0.39 is 0 Å². The first-order valence-electron chi connectivity index (χ1n) is 9.57. The van der Waals surface area contributed by atoms with Crippen LogP contribution in [0.2, 0.25) is 0 Å². The van der Waals surface area contributed by atoms with E-state index in [-0.39, 0.29) is 6.04 Å². The largest absolute Gasteiger partial charge is 0.496 e. The molecule has 0 bridgehead atoms. The van der Waals surface area contributed by atoms with Crippen LogP contribution in [0.5, 0.6) is 5.75 Å². The highest BCUT2D eigenvalue weighted by atomic mass is 32.1. The summed E-state index contributed by atoms with van der Waals surface area (Å²) in [6.07, 6.45) is 2.49. The fraction of sp³-hybridized carbons (Fsp3) is 0.409. The topological polar surface area (TPSA) is 36.5 Å². The first-order chi connectivity index (χ1) is 13.1. The Balaban J connectivity index is 1.70. The van der Waals surface area contributed by atoms with Crippen LogP contribution < -0.4 is 15.4 Å². The van der Waals surface area contributed by atoms with Gasteiger partial charge in [0, 0.05) is 17.8 Å². The molecule has 2 N–H and O–H groups in total. The van der Waals surface area contributed by atoms with E-state index in [1.807, 2.05) is 12.1 Å². The Labute approximate surface area is 167 Å². The first kappa shape index (κ1) is 19.6. The molecule has 3 rings (SSSR count). The molecule has 1 aliphatic rings. The minimum Gasteiger partial charge on any atom is -0.496 e. The van der Waals surface area contributed by atoms with Gasteiger partial charge in [0.1, 0.15) is 5.75 Å². The maximum atomic E-state index is 5.61. The number of hydrogen-bond donors (Lipinski definition) is 2. The van der Waals surface area contributed by atoms with Crippen LogP contribution in [0.15, 0.2) is 42.5 Å². The standard InChI is InChI=1S/C22H29N3OS/c1-16-10-11-19(17(2)14-16)24-22(27)23-15-20(25-12-6-7-13-25)18-8-4-5-9-21(18)26-3/h4-5,8-11,14,20H,6-7,12-13,15H2,1-3H3,(H2,23,24,27). The van der Waals surface area contributed by atoms with Crippen LogP contribution in [0.1, 0.15) is 35.6 Å². The predicted octanol–water partition coefficient (Wildman–Crippen LogP) is 4.44. The summed E-state index contributed by atoms with van der Waals surface area (Å²) in [6.45, 7) is 7.17. The Morgan fingerprint density at radius 2 is 1.89 bits per heavy atom. The summed E-state index contributed by atoms with van der Waals surface area (Å²) in [7, 11) is 1.74. The minimum atomic E-state index is 0.238. The van der Waals surface area contributed by atoms with Crippen LogP contribution in [0.3, 0.4) is 0 Å². The number of thiocarbonyl (C=S) groups is 1. The van der Waals surface area contributed by atoms with Gasteiger partial charge in [-0.3, -0.25) is 4.90 Å². The molecule has 144 valence electrons. The van der Waals surface area contributed by atoms with E-state index in [1.54, 1.807) is 7.11 Å². The zero-order valence-corrected chi connectivity index (χ0v) is 17.2. The molecule has 0 aliphatic carbocycles. The van der Waals surface area contributed by atoms with Crippen LogP contribution in [-0.2, 0) is 0 Å². The normalized spacial score (nSPS) is 15.4. The lowest BCUT2D eigenvalue weighted by atomic mass is 10.0. The minimum absolute atomic E-state index is 0.238. The van der Waals surface area contributed by atoms with E-state index in [0.29, 0.717) is 5.11 Å². The highest BCUT2D eigenvalue weighted by molar-refractivity contribution is 7.80. The van der Waals surface area contributed by atoms with Gasteiger partial charge in [-0.25, -0.2) is 0 Å². The summed E-state index contributed by atoms with van der Waals surface area (Å²) in [4.78, 5) is 2.52. The molecular weight excluding hydrogens is 354 g/mol. The summed E-state index contributed by atoms with van der Waals surface area (Å²) in [5.41, 5.74) is 4.71. The number of rotatable bonds is 6. The summed E-state index contributed by atoms with van der Waals surface area (Å²) in [5.74, 6) is 0.935. The molecule has 0 saturated carbocycles. The molecule has 1 fully saturated rings. The molecule has 0 aromatic heterocycles. The molecule has 27 heavy (non-hydrogen) atoms. The van der Waals surface area contributed by atoms with Crippen LogP contribution in [0.4, 0.5) is 5.69 Å². The van der Waals surface area contributed by atoms with Crippen molar-refractivity contribution in [1.82, 2.24) is 10.2 Å². The quantitative estimate of drug-likeness (QED) is 0.722. The number of benzene rings is 2. The van der Waals surface area contributed by atoms with Gasteiger partial charge in [0.2, 0.25) is 0 Å². The maximum absolute atomic E-state index is 5.61. The van der Waals surface area contributed by atoms with Crippen LogP contribution in [0, 0.1) is 13.8 Å². The second-order valence-electron chi connectivity index (χ2n) is 7.15. The summed E-state index contributed by atoms with van der Waals surface area (Å²) < 4.78 is 5.61. The Morgan fingerprint density at radius 3 is 2.59 bits per heavy atom. The lowest BCUT2D eigenvalue weighted by Gasteiger charge is -2.30. The number of methoxy groups -OCH3 is 1. The SMILES string of the molecule is COc1ccccc1C(CNC(=S)Nc1ccc(C)cc1C)N1CCCC1. The van der Waals surface area contributed by atoms with Gasteiger partial charge in [0.25, 0.3) is 0 Å². The summed E-state index contributed by atoms with van der Waals surface area (Å²) >= 11 is 5.56. The molecule has 1 aliphatic heterocycles. The monoisotopic (exact) mass is 383 g/mol. The first-order valence-corrected chi connectivity index (χ1v) is 9.98. The van der Waals surface area contributed by atoms with E-state index in [1.165, 1.54) is 29.5 Å². The number of para-hydroxylation sites is 1. The third-order valence-corrected chi connectivity index (χ3v) is 5.41. The highest BCUT2D eigenvalue weighted by Crippen LogP contribution is 2.31. The van der Waals surface area contributed by atoms with E-state index >= 15 is 0 Å². The number of nitrogens with one attached hydrogen (secondary N) is 2. The molecule has 1 unspecified atom stereocenters. The molecule has 1 saturated heterocycles. The van der Waals surface area contributed by atoms with Gasteiger partial charge in [-0.1, -0.05) is 35.9 Å². The van der Waals surface area contributed by atoms with Crippen molar-refractivity contribution in [1.29, 1.82) is 0 Å². The van der Waals surface area contributed by atoms with Gasteiger partial charge in [-0.2, -0.15) is 0 Å². The van der Waals surface area contributed by atoms with Gasteiger partial charge in [0.05, 0.1) is 13.2 Å². The average molecular weight is 384 g/mol. The van der Waals surface area contributed by atoms with Crippen molar-refractivity contribution in [3.63, 3.8) is 0 Å². The Morgan fingerprint density at radius 1 is 1.15 bits per heavy atom. The summed E-state index contributed by atoms with van der Waals surface area (Å²) in [5, 5.41) is 7.41. The number of nitrogens with zero attached hydrogens (tertiary/aromatic N) is 1. The lowest BCUT2D eigenvalue weighted by Crippen LogP contribution is -2.38. The van der Waals surface area contributed by atoms with Crippen molar-refractivity contribution < 1.29 is 4.74 Å². The fourth-order valence-corrected chi connectivity index (χ4v) is 3.93. The van der Waals surface area contributed by atoms with Crippen LogP contribution in [-0.4, -0.2) is 36.8 Å². The molecule has 0 spiro atoms. The smallest absolute Gasteiger partial charge is 0.170 e. The van der Waals surface area contributed by atoms with Crippen molar-refractivity contribution in [2.45, 2.75) is 32.7 Å². The molecule has 2 aromatic rings. The van der Waals surface area contributed by atoms with Gasteiger partial charge >= 0.3 is 0 Å². The number of anilines is 1. The average Bonchev–Trinajstić information content (AvgIpc) is 3.19. The van der Waals surface area contributed by atoms with Crippen LogP contribution in [0.25, 0.3) is 0 Å². The van der Waals surface area contributed by atoms with Crippen molar-refractivity contribution in [2.24, 2.45) is 0 Å². The zero-order chi connectivity index (χ0) is 19.2. The predicted molar refractivity (Wildman–Crippen MR) is 117 cm³/mol.